The van der Waals surface area contributed by atoms with Crippen molar-refractivity contribution in [2.24, 2.45) is 11.3 Å². The van der Waals surface area contributed by atoms with Gasteiger partial charge in [-0.3, -0.25) is 19.2 Å². The van der Waals surface area contributed by atoms with E-state index in [1.165, 1.54) is 0 Å². The zero-order valence-electron chi connectivity index (χ0n) is 67.4. The Bertz CT molecular complexity index is 1830. The number of aliphatic hydroxyl groups excluding tert-OH is 7. The van der Waals surface area contributed by atoms with Gasteiger partial charge in [-0.25, -0.2) is 0 Å². The Labute approximate surface area is 587 Å². The van der Waals surface area contributed by atoms with E-state index < -0.39 is 11.0 Å². The molecule has 0 bridgehead atoms. The summed E-state index contributed by atoms with van der Waals surface area (Å²) < 4.78 is 37.4. The highest BCUT2D eigenvalue weighted by Crippen LogP contribution is 2.22. The molecule has 0 saturated heterocycles. The molecule has 0 aliphatic rings. The summed E-state index contributed by atoms with van der Waals surface area (Å²) in [6.45, 7) is 38.6. The number of aliphatic hydroxyl groups is 7. The minimum atomic E-state index is -0.438. The second kappa shape index (κ2) is 60.9. The van der Waals surface area contributed by atoms with Gasteiger partial charge in [0.1, 0.15) is 18.8 Å². The fourth-order valence-corrected chi connectivity index (χ4v) is 6.16. The normalized spacial score (nSPS) is 15.0. The largest absolute Gasteiger partial charge is 0.464 e. The van der Waals surface area contributed by atoms with E-state index in [0.29, 0.717) is 32.5 Å². The lowest BCUT2D eigenvalue weighted by molar-refractivity contribution is -0.158. The van der Waals surface area contributed by atoms with Crippen LogP contribution in [0.1, 0.15) is 182 Å². The number of hydrogen-bond donors (Lipinski definition) is 7. The van der Waals surface area contributed by atoms with Crippen LogP contribution in [0.15, 0.2) is 0 Å². The number of esters is 4. The van der Waals surface area contributed by atoms with Gasteiger partial charge in [0, 0.05) is 18.6 Å². The van der Waals surface area contributed by atoms with Gasteiger partial charge >= 0.3 is 23.9 Å². The number of carbonyl (C=O) groups excluding carboxylic acids is 4. The topological polar surface area (TPSA) is 297 Å². The molecule has 0 aromatic rings. The van der Waals surface area contributed by atoms with Crippen LogP contribution in [-0.4, -0.2) is 343 Å². The van der Waals surface area contributed by atoms with Crippen LogP contribution in [-0.2, 0) is 52.3 Å². The molecule has 10 unspecified atom stereocenters. The first kappa shape index (κ1) is 107. The minimum absolute atomic E-state index is 0.000780. The lowest BCUT2D eigenvalue weighted by Gasteiger charge is -2.29. The summed E-state index contributed by atoms with van der Waals surface area (Å²) in [5.41, 5.74) is -1.05. The summed E-state index contributed by atoms with van der Waals surface area (Å²) in [6.07, 6.45) is 6.43. The summed E-state index contributed by atoms with van der Waals surface area (Å²) >= 11 is 0. The first-order valence-corrected chi connectivity index (χ1v) is 34.7. The number of ether oxygens (including phenoxy) is 7. The van der Waals surface area contributed by atoms with Gasteiger partial charge in [-0.2, -0.15) is 0 Å². The van der Waals surface area contributed by atoms with Crippen LogP contribution in [0.25, 0.3) is 0 Å². The van der Waals surface area contributed by atoms with Crippen LogP contribution in [0.5, 0.6) is 0 Å². The van der Waals surface area contributed by atoms with Crippen LogP contribution in [0.3, 0.4) is 0 Å². The molecule has 25 nitrogen and oxygen atoms in total. The zero-order valence-corrected chi connectivity index (χ0v) is 67.4. The van der Waals surface area contributed by atoms with Gasteiger partial charge in [0.05, 0.1) is 137 Å². The van der Waals surface area contributed by atoms with Crippen molar-refractivity contribution in [3.8, 4) is 0 Å². The van der Waals surface area contributed by atoms with Crippen molar-refractivity contribution in [1.82, 2.24) is 34.3 Å². The molecule has 0 aliphatic heterocycles. The molecule has 25 heteroatoms. The maximum Gasteiger partial charge on any atom is 0.311 e. The predicted octanol–water partition coefficient (Wildman–Crippen LogP) is 6.01. The van der Waals surface area contributed by atoms with Crippen molar-refractivity contribution in [3.63, 3.8) is 0 Å². The lowest BCUT2D eigenvalue weighted by Crippen LogP contribution is -2.39. The Morgan fingerprint density at radius 3 is 1.04 bits per heavy atom. The average Bonchev–Trinajstić information content (AvgIpc) is 1.33. The van der Waals surface area contributed by atoms with Crippen molar-refractivity contribution in [1.29, 1.82) is 0 Å². The van der Waals surface area contributed by atoms with Crippen molar-refractivity contribution in [3.05, 3.63) is 0 Å². The standard InChI is InChI=1S/2C11H23NO3.2C10H21NO3.2C10H23NO2.C9H21NO2/c1-6-11(2,3)10(14)15-8-9(7-13)12(4)5;1-6-11(2,3)15-10(14)7-9(8-13)12(4)5;1-5-8(2)10(13)14-7-9(6-12)11(3)4;1-5-8(2)14-10(13)6-9(7-12)11(3)4;1-6-10(2,3)13-8-9(7-12)11(4)5;1-6-10(2,3)13-8-9(12)7-11(4)5;1-5-8(2)12-7-9(6-11)10(3)4/h2*9,13H,6-8H2,1-5H3;2*8-9,12H,5-7H2,1-4H3;2*9,12H,6-8H2,1-5H3;8-9,11H,5-7H2,1-4H3. The molecule has 96 heavy (non-hydrogen) atoms. The third-order valence-corrected chi connectivity index (χ3v) is 16.6. The summed E-state index contributed by atoms with van der Waals surface area (Å²) in [5.74, 6) is -0.948. The summed E-state index contributed by atoms with van der Waals surface area (Å²) in [4.78, 5) is 59.0. The Morgan fingerprint density at radius 1 is 0.396 bits per heavy atom. The first-order valence-electron chi connectivity index (χ1n) is 34.7. The molecule has 0 saturated carbocycles. The minimum Gasteiger partial charge on any atom is -0.464 e. The molecular formula is C71H155N7O18. The van der Waals surface area contributed by atoms with Crippen molar-refractivity contribution >= 4 is 23.9 Å². The number of carbonyl (C=O) groups is 4. The van der Waals surface area contributed by atoms with Gasteiger partial charge in [0.15, 0.2) is 0 Å². The van der Waals surface area contributed by atoms with E-state index in [1.54, 1.807) is 0 Å². The molecule has 0 aliphatic carbocycles. The molecule has 0 radical (unpaired) electrons. The summed E-state index contributed by atoms with van der Waals surface area (Å²) in [6, 6.07) is -0.314. The second-order valence-electron chi connectivity index (χ2n) is 28.6. The highest BCUT2D eigenvalue weighted by atomic mass is 16.6. The number of hydrogen-bond acceptors (Lipinski definition) is 25. The van der Waals surface area contributed by atoms with E-state index in [-0.39, 0.29) is 155 Å². The molecule has 582 valence electrons. The van der Waals surface area contributed by atoms with Crippen LogP contribution in [0.2, 0.25) is 0 Å². The molecular weight excluding hydrogens is 1240 g/mol. The van der Waals surface area contributed by atoms with Crippen molar-refractivity contribution in [2.75, 3.05) is 178 Å². The van der Waals surface area contributed by atoms with E-state index >= 15 is 0 Å². The Kier molecular flexibility index (Phi) is 67.7. The molecule has 0 amide bonds. The first-order chi connectivity index (χ1) is 44.1. The van der Waals surface area contributed by atoms with Crippen LogP contribution in [0.4, 0.5) is 0 Å². The van der Waals surface area contributed by atoms with E-state index in [2.05, 4.69) is 34.6 Å². The van der Waals surface area contributed by atoms with Gasteiger partial charge in [0.2, 0.25) is 0 Å². The lowest BCUT2D eigenvalue weighted by atomic mass is 9.91. The zero-order chi connectivity index (χ0) is 76.9. The number of nitrogens with zero attached hydrogens (tertiary/aromatic N) is 7. The predicted molar refractivity (Wildman–Crippen MR) is 389 cm³/mol. The highest BCUT2D eigenvalue weighted by Gasteiger charge is 2.29. The highest BCUT2D eigenvalue weighted by molar-refractivity contribution is 5.75. The van der Waals surface area contributed by atoms with E-state index in [4.69, 9.17) is 63.8 Å². The van der Waals surface area contributed by atoms with Gasteiger partial charge in [0.25, 0.3) is 0 Å². The molecule has 0 heterocycles. The van der Waals surface area contributed by atoms with Crippen molar-refractivity contribution < 1.29 is 88.1 Å². The fourth-order valence-electron chi connectivity index (χ4n) is 6.16. The molecule has 0 rings (SSSR count). The SMILES string of the molecule is CCC(C)(C)C(=O)OCC(CO)N(C)C.CCC(C)(C)OC(=O)CC(CO)N(C)C.CCC(C)(C)OCC(CO)N(C)C.CCC(C)(C)OCC(O)CN(C)C.CCC(C)C(=O)OCC(CO)N(C)C.CCC(C)OC(=O)CC(CO)N(C)C.CCC(C)OCC(CO)N(C)C. The maximum absolute atomic E-state index is 11.6. The van der Waals surface area contributed by atoms with Crippen LogP contribution in [0, 0.1) is 11.3 Å². The van der Waals surface area contributed by atoms with E-state index in [9.17, 15) is 24.3 Å². The fraction of sp³-hybridized carbons (Fsp3) is 0.944. The summed E-state index contributed by atoms with van der Waals surface area (Å²) in [5, 5.41) is 63.6. The average molecular weight is 1400 g/mol. The Hall–Kier alpha value is -2.80. The quantitative estimate of drug-likeness (QED) is 0.0272. The van der Waals surface area contributed by atoms with Gasteiger partial charge in [-0.15, -0.1) is 0 Å². The third-order valence-electron chi connectivity index (χ3n) is 16.6. The number of likely N-dealkylation sites (N-methyl/N-ethyl adjacent to an activating group) is 7. The van der Waals surface area contributed by atoms with Crippen LogP contribution >= 0.6 is 0 Å². The van der Waals surface area contributed by atoms with Gasteiger partial charge < -0.3 is 103 Å². The molecule has 0 aromatic carbocycles. The van der Waals surface area contributed by atoms with Gasteiger partial charge in [-0.1, -0.05) is 55.4 Å². The smallest absolute Gasteiger partial charge is 0.311 e. The molecule has 0 aromatic heterocycles. The van der Waals surface area contributed by atoms with Crippen molar-refractivity contribution in [2.45, 2.75) is 254 Å². The molecule has 10 atom stereocenters. The molecule has 0 spiro atoms. The summed E-state index contributed by atoms with van der Waals surface area (Å²) in [7, 11) is 26.4. The second-order valence-corrected chi connectivity index (χ2v) is 28.6. The Balaban J connectivity index is -0.000000193. The van der Waals surface area contributed by atoms with E-state index in [0.717, 1.165) is 44.9 Å². The third kappa shape index (κ3) is 62.2. The molecule has 0 fully saturated rings. The van der Waals surface area contributed by atoms with Gasteiger partial charge in [-0.05, 0) is 213 Å². The number of rotatable bonds is 42. The monoisotopic (exact) mass is 1390 g/mol. The molecule has 7 N–H and O–H groups in total. The van der Waals surface area contributed by atoms with E-state index in [1.807, 2.05) is 223 Å². The Morgan fingerprint density at radius 2 is 0.729 bits per heavy atom. The maximum atomic E-state index is 11.6. The van der Waals surface area contributed by atoms with Crippen LogP contribution < -0.4 is 0 Å².